The van der Waals surface area contributed by atoms with Crippen molar-refractivity contribution in [3.63, 3.8) is 0 Å². The van der Waals surface area contributed by atoms with Gasteiger partial charge in [-0.25, -0.2) is 18.2 Å². The van der Waals surface area contributed by atoms with Gasteiger partial charge in [-0.3, -0.25) is 9.59 Å². The van der Waals surface area contributed by atoms with Crippen LogP contribution in [0.4, 0.5) is 18.9 Å². The molecule has 1 heterocycles. The quantitative estimate of drug-likeness (QED) is 0.701. The molecule has 3 aromatic rings. The predicted molar refractivity (Wildman–Crippen MR) is 88.0 cm³/mol. The van der Waals surface area contributed by atoms with E-state index in [1.165, 1.54) is 13.4 Å². The van der Waals surface area contributed by atoms with Gasteiger partial charge in [0.25, 0.3) is 5.91 Å². The smallest absolute Gasteiger partial charge is 0.254 e. The first-order valence-corrected chi connectivity index (χ1v) is 7.48. The molecule has 0 aliphatic heterocycles. The van der Waals surface area contributed by atoms with E-state index >= 15 is 0 Å². The van der Waals surface area contributed by atoms with Crippen molar-refractivity contribution in [2.75, 3.05) is 18.9 Å². The third kappa shape index (κ3) is 3.37. The number of imidazole rings is 1. The van der Waals surface area contributed by atoms with Crippen LogP contribution < -0.4 is 5.32 Å². The summed E-state index contributed by atoms with van der Waals surface area (Å²) in [5.74, 6) is -5.74. The molecule has 0 aliphatic rings. The molecule has 2 N–H and O–H groups in total. The number of aromatic amines is 1. The van der Waals surface area contributed by atoms with Crippen LogP contribution in [-0.2, 0) is 4.79 Å². The Bertz CT molecular complexity index is 1000. The van der Waals surface area contributed by atoms with Crippen molar-refractivity contribution in [3.8, 4) is 0 Å². The lowest BCUT2D eigenvalue weighted by molar-refractivity contribution is -0.116. The topological polar surface area (TPSA) is 78.1 Å². The van der Waals surface area contributed by atoms with Crippen molar-refractivity contribution in [2.45, 2.75) is 0 Å². The molecule has 2 amide bonds. The second-order valence-electron chi connectivity index (χ2n) is 5.57. The average Bonchev–Trinajstić information content (AvgIpc) is 3.09. The van der Waals surface area contributed by atoms with Gasteiger partial charge in [-0.05, 0) is 30.3 Å². The summed E-state index contributed by atoms with van der Waals surface area (Å²) in [5, 5.41) is 2.11. The van der Waals surface area contributed by atoms with Crippen LogP contribution in [-0.4, -0.2) is 40.3 Å². The number of halogens is 3. The van der Waals surface area contributed by atoms with Crippen molar-refractivity contribution in [3.05, 3.63) is 59.7 Å². The molecule has 3 rings (SSSR count). The first kappa shape index (κ1) is 17.5. The van der Waals surface area contributed by atoms with Crippen molar-refractivity contribution in [1.29, 1.82) is 0 Å². The fraction of sp³-hybridized carbons (Fsp3) is 0.118. The largest absolute Gasteiger partial charge is 0.345 e. The minimum Gasteiger partial charge on any atom is -0.345 e. The third-order valence-electron chi connectivity index (χ3n) is 3.70. The number of nitrogens with one attached hydrogen (secondary N) is 2. The van der Waals surface area contributed by atoms with Gasteiger partial charge in [0.2, 0.25) is 5.91 Å². The third-order valence-corrected chi connectivity index (χ3v) is 3.70. The number of carbonyl (C=O) groups excluding carboxylic acids is 2. The SMILES string of the molecule is CN(CC(=O)Nc1ccc(F)c(F)c1F)C(=O)c1ccc2nc[nH]c2c1. The lowest BCUT2D eigenvalue weighted by Crippen LogP contribution is -2.35. The fourth-order valence-corrected chi connectivity index (χ4v) is 2.39. The highest BCUT2D eigenvalue weighted by atomic mass is 19.2. The van der Waals surface area contributed by atoms with Crippen LogP contribution in [0, 0.1) is 17.5 Å². The molecular formula is C17H13F3N4O2. The first-order valence-electron chi connectivity index (χ1n) is 7.48. The van der Waals surface area contributed by atoms with E-state index in [-0.39, 0.29) is 0 Å². The van der Waals surface area contributed by atoms with E-state index < -0.39 is 41.5 Å². The zero-order chi connectivity index (χ0) is 18.8. The molecule has 0 atom stereocenters. The Morgan fingerprint density at radius 2 is 1.92 bits per heavy atom. The summed E-state index contributed by atoms with van der Waals surface area (Å²) in [5.41, 5.74) is 1.18. The number of H-pyrrole nitrogens is 1. The van der Waals surface area contributed by atoms with Crippen molar-refractivity contribution in [2.24, 2.45) is 0 Å². The predicted octanol–water partition coefficient (Wildman–Crippen LogP) is 2.69. The lowest BCUT2D eigenvalue weighted by atomic mass is 10.2. The molecule has 9 heteroatoms. The molecule has 26 heavy (non-hydrogen) atoms. The van der Waals surface area contributed by atoms with Crippen LogP contribution in [0.15, 0.2) is 36.7 Å². The van der Waals surface area contributed by atoms with Crippen LogP contribution in [0.2, 0.25) is 0 Å². The number of amides is 2. The fourth-order valence-electron chi connectivity index (χ4n) is 2.39. The van der Waals surface area contributed by atoms with E-state index in [4.69, 9.17) is 0 Å². The maximum Gasteiger partial charge on any atom is 0.254 e. The molecule has 134 valence electrons. The summed E-state index contributed by atoms with van der Waals surface area (Å²) < 4.78 is 39.7. The Morgan fingerprint density at radius 3 is 2.69 bits per heavy atom. The number of carbonyl (C=O) groups is 2. The number of anilines is 1. The van der Waals surface area contributed by atoms with Gasteiger partial charge in [-0.2, -0.15) is 0 Å². The molecular weight excluding hydrogens is 349 g/mol. The monoisotopic (exact) mass is 362 g/mol. The Hall–Kier alpha value is -3.36. The number of hydrogen-bond donors (Lipinski definition) is 2. The van der Waals surface area contributed by atoms with Crippen molar-refractivity contribution < 1.29 is 22.8 Å². The normalized spacial score (nSPS) is 10.8. The number of rotatable bonds is 4. The molecule has 2 aromatic carbocycles. The molecule has 6 nitrogen and oxygen atoms in total. The van der Waals surface area contributed by atoms with Gasteiger partial charge in [-0.15, -0.1) is 0 Å². The van der Waals surface area contributed by atoms with E-state index in [1.54, 1.807) is 18.2 Å². The summed E-state index contributed by atoms with van der Waals surface area (Å²) in [6.07, 6.45) is 1.49. The molecule has 0 bridgehead atoms. The molecule has 0 aliphatic carbocycles. The molecule has 0 fully saturated rings. The summed E-state index contributed by atoms with van der Waals surface area (Å²) >= 11 is 0. The van der Waals surface area contributed by atoms with Crippen LogP contribution in [0.3, 0.4) is 0 Å². The summed E-state index contributed by atoms with van der Waals surface area (Å²) in [4.78, 5) is 32.4. The molecule has 0 saturated heterocycles. The number of likely N-dealkylation sites (N-methyl/N-ethyl adjacent to an activating group) is 1. The maximum atomic E-state index is 13.6. The second-order valence-corrected chi connectivity index (χ2v) is 5.57. The average molecular weight is 362 g/mol. The van der Waals surface area contributed by atoms with Gasteiger partial charge in [0, 0.05) is 12.6 Å². The van der Waals surface area contributed by atoms with Gasteiger partial charge in [-0.1, -0.05) is 0 Å². The zero-order valence-corrected chi connectivity index (χ0v) is 13.5. The van der Waals surface area contributed by atoms with E-state index in [1.807, 2.05) is 0 Å². The lowest BCUT2D eigenvalue weighted by Gasteiger charge is -2.17. The second kappa shape index (κ2) is 6.87. The number of aromatic nitrogens is 2. The highest BCUT2D eigenvalue weighted by Gasteiger charge is 2.19. The highest BCUT2D eigenvalue weighted by molar-refractivity contribution is 6.00. The first-order chi connectivity index (χ1) is 12.4. The van der Waals surface area contributed by atoms with Crippen LogP contribution >= 0.6 is 0 Å². The van der Waals surface area contributed by atoms with Crippen LogP contribution in [0.25, 0.3) is 11.0 Å². The minimum atomic E-state index is -1.68. The van der Waals surface area contributed by atoms with E-state index in [0.29, 0.717) is 22.7 Å². The Balaban J connectivity index is 1.68. The Morgan fingerprint density at radius 1 is 1.15 bits per heavy atom. The number of fused-ring (bicyclic) bond motifs is 1. The summed E-state index contributed by atoms with van der Waals surface area (Å²) in [6, 6.07) is 6.41. The van der Waals surface area contributed by atoms with E-state index in [9.17, 15) is 22.8 Å². The molecule has 0 radical (unpaired) electrons. The molecule has 0 unspecified atom stereocenters. The number of hydrogen-bond acceptors (Lipinski definition) is 3. The van der Waals surface area contributed by atoms with E-state index in [0.717, 1.165) is 11.0 Å². The van der Waals surface area contributed by atoms with Crippen molar-refractivity contribution in [1.82, 2.24) is 14.9 Å². The van der Waals surface area contributed by atoms with Crippen LogP contribution in [0.5, 0.6) is 0 Å². The number of benzene rings is 2. The summed E-state index contributed by atoms with van der Waals surface area (Å²) in [6.45, 7) is -0.404. The van der Waals surface area contributed by atoms with E-state index in [2.05, 4.69) is 15.3 Å². The molecule has 0 spiro atoms. The van der Waals surface area contributed by atoms with Gasteiger partial charge >= 0.3 is 0 Å². The van der Waals surface area contributed by atoms with Gasteiger partial charge in [0.15, 0.2) is 17.5 Å². The van der Waals surface area contributed by atoms with Gasteiger partial charge in [0.05, 0.1) is 29.6 Å². The highest BCUT2D eigenvalue weighted by Crippen LogP contribution is 2.19. The van der Waals surface area contributed by atoms with Gasteiger partial charge in [0.1, 0.15) is 0 Å². The number of nitrogens with zero attached hydrogens (tertiary/aromatic N) is 2. The van der Waals surface area contributed by atoms with Crippen molar-refractivity contribution >= 4 is 28.5 Å². The van der Waals surface area contributed by atoms with Crippen LogP contribution in [0.1, 0.15) is 10.4 Å². The zero-order valence-electron chi connectivity index (χ0n) is 13.5. The summed E-state index contributed by atoms with van der Waals surface area (Å²) in [7, 11) is 1.39. The Kier molecular flexibility index (Phi) is 4.61. The molecule has 1 aromatic heterocycles. The van der Waals surface area contributed by atoms with Gasteiger partial charge < -0.3 is 15.2 Å². The maximum absolute atomic E-state index is 13.6. The standard InChI is InChI=1S/C17H13F3N4O2/c1-24(17(26)9-2-4-11-13(6-9)22-8-21-11)7-14(25)23-12-5-3-10(18)15(19)16(12)20/h2-6,8H,7H2,1H3,(H,21,22)(H,23,25). The minimum absolute atomic E-state index is 0.330. The Labute approximate surface area is 145 Å². The molecule has 0 saturated carbocycles.